The van der Waals surface area contributed by atoms with Crippen molar-refractivity contribution in [2.24, 2.45) is 0 Å². The van der Waals surface area contributed by atoms with E-state index in [0.29, 0.717) is 31.5 Å². The van der Waals surface area contributed by atoms with Crippen LogP contribution in [0.3, 0.4) is 0 Å². The molecule has 1 aliphatic heterocycles. The lowest BCUT2D eigenvalue weighted by Gasteiger charge is -2.32. The molecule has 0 N–H and O–H groups in total. The molecule has 1 aliphatic rings. The van der Waals surface area contributed by atoms with Gasteiger partial charge in [-0.1, -0.05) is 19.9 Å². The summed E-state index contributed by atoms with van der Waals surface area (Å²) in [7, 11) is 0. The summed E-state index contributed by atoms with van der Waals surface area (Å²) in [6.45, 7) is 7.47. The molecule has 0 aromatic carbocycles. The third-order valence-corrected chi connectivity index (χ3v) is 5.00. The molecule has 0 spiro atoms. The third-order valence-electron chi connectivity index (χ3n) is 3.94. The Bertz CT molecular complexity index is 653. The van der Waals surface area contributed by atoms with Crippen LogP contribution in [0.2, 0.25) is 0 Å². The van der Waals surface area contributed by atoms with E-state index in [4.69, 9.17) is 9.15 Å². The van der Waals surface area contributed by atoms with Gasteiger partial charge in [-0.2, -0.15) is 0 Å². The molecule has 1 fully saturated rings. The largest absolute Gasteiger partial charge is 0.422 e. The lowest BCUT2D eigenvalue weighted by atomic mass is 10.1. The third kappa shape index (κ3) is 3.45. The molecular formula is C16H21N3O3S. The van der Waals surface area contributed by atoms with E-state index >= 15 is 0 Å². The molecule has 23 heavy (non-hydrogen) atoms. The lowest BCUT2D eigenvalue weighted by Crippen LogP contribution is -2.44. The Kier molecular flexibility index (Phi) is 4.77. The second-order valence-corrected chi connectivity index (χ2v) is 6.99. The molecule has 2 aromatic heterocycles. The summed E-state index contributed by atoms with van der Waals surface area (Å²) in [6, 6.07) is 3.97. The Morgan fingerprint density at radius 1 is 1.39 bits per heavy atom. The van der Waals surface area contributed by atoms with Crippen LogP contribution in [0.4, 0.5) is 0 Å². The van der Waals surface area contributed by atoms with Crippen molar-refractivity contribution in [1.29, 1.82) is 0 Å². The highest BCUT2D eigenvalue weighted by Crippen LogP contribution is 2.27. The summed E-state index contributed by atoms with van der Waals surface area (Å²) in [5.41, 5.74) is 0. The number of carbonyl (C=O) groups is 1. The number of ether oxygens (including phenoxy) is 1. The van der Waals surface area contributed by atoms with Crippen molar-refractivity contribution in [1.82, 2.24) is 15.1 Å². The van der Waals surface area contributed by atoms with Gasteiger partial charge in [0.25, 0.3) is 0 Å². The fraction of sp³-hybridized carbons (Fsp3) is 0.562. The Morgan fingerprint density at radius 2 is 2.22 bits per heavy atom. The topological polar surface area (TPSA) is 68.5 Å². The molecule has 3 heterocycles. The van der Waals surface area contributed by atoms with Gasteiger partial charge < -0.3 is 14.1 Å². The Morgan fingerprint density at radius 3 is 2.87 bits per heavy atom. The Labute approximate surface area is 139 Å². The zero-order valence-corrected chi connectivity index (χ0v) is 14.4. The molecule has 7 heteroatoms. The zero-order valence-electron chi connectivity index (χ0n) is 13.6. The van der Waals surface area contributed by atoms with Gasteiger partial charge in [0.1, 0.15) is 0 Å². The second-order valence-electron chi connectivity index (χ2n) is 6.01. The van der Waals surface area contributed by atoms with Gasteiger partial charge in [0.15, 0.2) is 6.10 Å². The van der Waals surface area contributed by atoms with E-state index < -0.39 is 0 Å². The van der Waals surface area contributed by atoms with Gasteiger partial charge in [-0.25, -0.2) is 0 Å². The van der Waals surface area contributed by atoms with Crippen molar-refractivity contribution >= 4 is 17.2 Å². The van der Waals surface area contributed by atoms with Gasteiger partial charge in [0, 0.05) is 17.3 Å². The van der Waals surface area contributed by atoms with E-state index in [9.17, 15) is 4.79 Å². The van der Waals surface area contributed by atoms with Crippen LogP contribution in [-0.2, 0) is 9.53 Å². The minimum Gasteiger partial charge on any atom is -0.422 e. The normalized spacial score (nSPS) is 20.0. The van der Waals surface area contributed by atoms with Crippen molar-refractivity contribution in [3.63, 3.8) is 0 Å². The molecule has 2 aromatic rings. The predicted octanol–water partition coefficient (Wildman–Crippen LogP) is 2.96. The van der Waals surface area contributed by atoms with Crippen LogP contribution in [0.15, 0.2) is 21.9 Å². The summed E-state index contributed by atoms with van der Waals surface area (Å²) >= 11 is 1.61. The Hall–Kier alpha value is -1.73. The summed E-state index contributed by atoms with van der Waals surface area (Å²) < 4.78 is 11.4. The number of aromatic nitrogens is 2. The number of carbonyl (C=O) groups excluding carboxylic acids is 1. The molecule has 0 radical (unpaired) electrons. The lowest BCUT2D eigenvalue weighted by molar-refractivity contribution is -0.141. The number of morpholine rings is 1. The Balaban J connectivity index is 1.69. The van der Waals surface area contributed by atoms with Crippen LogP contribution in [0.25, 0.3) is 0 Å². The van der Waals surface area contributed by atoms with Gasteiger partial charge >= 0.3 is 0 Å². The molecule has 3 rings (SSSR count). The van der Waals surface area contributed by atoms with Crippen molar-refractivity contribution in [3.8, 4) is 0 Å². The number of hydrogen-bond acceptors (Lipinski definition) is 6. The first-order valence-corrected chi connectivity index (χ1v) is 8.71. The van der Waals surface area contributed by atoms with Crippen LogP contribution in [-0.4, -0.2) is 40.7 Å². The molecule has 1 amide bonds. The molecule has 1 saturated heterocycles. The average molecular weight is 335 g/mol. The van der Waals surface area contributed by atoms with Crippen LogP contribution >= 0.6 is 11.3 Å². The summed E-state index contributed by atoms with van der Waals surface area (Å²) in [4.78, 5) is 15.6. The minimum absolute atomic E-state index is 0.115. The van der Waals surface area contributed by atoms with Crippen molar-refractivity contribution < 1.29 is 13.9 Å². The van der Waals surface area contributed by atoms with E-state index in [1.54, 1.807) is 11.3 Å². The van der Waals surface area contributed by atoms with E-state index in [1.807, 2.05) is 43.2 Å². The van der Waals surface area contributed by atoms with Crippen LogP contribution in [0, 0.1) is 0 Å². The molecule has 2 atom stereocenters. The first-order valence-electron chi connectivity index (χ1n) is 7.83. The number of rotatable bonds is 4. The van der Waals surface area contributed by atoms with Crippen molar-refractivity contribution in [2.45, 2.75) is 38.7 Å². The molecule has 124 valence electrons. The molecule has 6 nitrogen and oxygen atoms in total. The predicted molar refractivity (Wildman–Crippen MR) is 86.4 cm³/mol. The standard InChI is InChI=1S/C16H21N3O3S/c1-10(2)14-17-18-15(22-14)12-9-19(6-7-21-12)16(20)11(3)13-5-4-8-23-13/h4-5,8,10-12H,6-7,9H2,1-3H3/t11-,12-/m0/s1. The second kappa shape index (κ2) is 6.80. The SMILES string of the molecule is CC(C)c1nnc([C@@H]2CN(C(=O)[C@@H](C)c3cccs3)CCO2)o1. The van der Waals surface area contributed by atoms with Gasteiger partial charge in [-0.15, -0.1) is 21.5 Å². The van der Waals surface area contributed by atoms with Crippen LogP contribution in [0.1, 0.15) is 55.4 Å². The maximum Gasteiger partial charge on any atom is 0.247 e. The fourth-order valence-corrected chi connectivity index (χ4v) is 3.32. The summed E-state index contributed by atoms with van der Waals surface area (Å²) in [6.07, 6.45) is -0.344. The number of thiophene rings is 1. The quantitative estimate of drug-likeness (QED) is 0.859. The molecule has 0 aliphatic carbocycles. The van der Waals surface area contributed by atoms with Crippen molar-refractivity contribution in [3.05, 3.63) is 34.2 Å². The smallest absolute Gasteiger partial charge is 0.247 e. The van der Waals surface area contributed by atoms with Gasteiger partial charge in [0.05, 0.1) is 19.1 Å². The first-order chi connectivity index (χ1) is 11.1. The highest BCUT2D eigenvalue weighted by Gasteiger charge is 2.32. The minimum atomic E-state index is -0.344. The van der Waals surface area contributed by atoms with Crippen LogP contribution in [0.5, 0.6) is 0 Å². The van der Waals surface area contributed by atoms with E-state index in [0.717, 1.165) is 4.88 Å². The molecule has 0 unspecified atom stereocenters. The van der Waals surface area contributed by atoms with E-state index in [1.165, 1.54) is 0 Å². The van der Waals surface area contributed by atoms with Gasteiger partial charge in [0.2, 0.25) is 17.7 Å². The summed E-state index contributed by atoms with van der Waals surface area (Å²) in [5.74, 6) is 1.21. The molecular weight excluding hydrogens is 314 g/mol. The van der Waals surface area contributed by atoms with Gasteiger partial charge in [-0.3, -0.25) is 4.79 Å². The van der Waals surface area contributed by atoms with Crippen LogP contribution < -0.4 is 0 Å². The number of hydrogen-bond donors (Lipinski definition) is 0. The maximum absolute atomic E-state index is 12.7. The van der Waals surface area contributed by atoms with E-state index in [2.05, 4.69) is 10.2 Å². The molecule has 0 bridgehead atoms. The maximum atomic E-state index is 12.7. The first kappa shape index (κ1) is 16.1. The monoisotopic (exact) mass is 335 g/mol. The highest BCUT2D eigenvalue weighted by atomic mass is 32.1. The number of amides is 1. The fourth-order valence-electron chi connectivity index (χ4n) is 2.54. The highest BCUT2D eigenvalue weighted by molar-refractivity contribution is 7.10. The summed E-state index contributed by atoms with van der Waals surface area (Å²) in [5, 5.41) is 10.1. The number of nitrogens with zero attached hydrogens (tertiary/aromatic N) is 3. The van der Waals surface area contributed by atoms with E-state index in [-0.39, 0.29) is 23.8 Å². The van der Waals surface area contributed by atoms with Gasteiger partial charge in [-0.05, 0) is 18.4 Å². The average Bonchev–Trinajstić information content (AvgIpc) is 3.25. The van der Waals surface area contributed by atoms with Crippen molar-refractivity contribution in [2.75, 3.05) is 19.7 Å². The molecule has 0 saturated carbocycles. The zero-order chi connectivity index (χ0) is 16.4.